The largest absolute Gasteiger partial charge is 0.508 e. The van der Waals surface area contributed by atoms with E-state index in [0.717, 1.165) is 0 Å². The summed E-state index contributed by atoms with van der Waals surface area (Å²) in [6, 6.07) is 1.35. The summed E-state index contributed by atoms with van der Waals surface area (Å²) in [6.45, 7) is 2.32. The van der Waals surface area contributed by atoms with Gasteiger partial charge in [0.2, 0.25) is 23.6 Å². The van der Waals surface area contributed by atoms with Gasteiger partial charge in [0.1, 0.15) is 23.9 Å². The number of benzene rings is 1. The highest BCUT2D eigenvalue weighted by Gasteiger charge is 2.29. The number of nitrogens with two attached hydrogens (primary N) is 2. The van der Waals surface area contributed by atoms with E-state index in [9.17, 15) is 39.3 Å². The Hall–Kier alpha value is -4.44. The normalized spacial score (nSPS) is 14.3. The summed E-state index contributed by atoms with van der Waals surface area (Å²) in [5, 5.41) is 47.4. The van der Waals surface area contributed by atoms with Gasteiger partial charge in [-0.25, -0.2) is 4.79 Å². The number of hydrogen-bond acceptors (Lipinski definition) is 9. The molecule has 1 aromatic carbocycles. The number of amides is 4. The standard InChI is InChI=1S/C26H42N8O8/c1-3-14(2)21(34-22(38)17(27)11-15-6-8-16(36)9-7-15)24(40)31-12-20(37)32-19(13-35)23(39)33-18(25(41)42)5-4-10-30-26(28)29/h6-9,14,17-19,21,35-36H,3-5,10-13,27H2,1-2H3,(H,31,40)(H,32,37)(H,33,39)(H,34,38)(H,41,42)(H4,28,29,30)/t14-,17-,18-,19-,21-/m0/s1. The fourth-order valence-corrected chi connectivity index (χ4v) is 3.72. The maximum absolute atomic E-state index is 12.9. The zero-order valence-electron chi connectivity index (χ0n) is 23.7. The van der Waals surface area contributed by atoms with E-state index in [2.05, 4.69) is 26.6 Å². The third-order valence-corrected chi connectivity index (χ3v) is 6.38. The molecule has 0 aliphatic heterocycles. The monoisotopic (exact) mass is 594 g/mol. The highest BCUT2D eigenvalue weighted by Crippen LogP contribution is 2.12. The van der Waals surface area contributed by atoms with Crippen LogP contribution in [0.1, 0.15) is 38.7 Å². The molecular formula is C26H42N8O8. The lowest BCUT2D eigenvalue weighted by Gasteiger charge is -2.25. The van der Waals surface area contributed by atoms with Crippen LogP contribution in [0.5, 0.6) is 5.75 Å². The van der Waals surface area contributed by atoms with Gasteiger partial charge in [-0.2, -0.15) is 0 Å². The molecule has 0 bridgehead atoms. The summed E-state index contributed by atoms with van der Waals surface area (Å²) in [4.78, 5) is 62.0. The lowest BCUT2D eigenvalue weighted by Crippen LogP contribution is -2.57. The van der Waals surface area contributed by atoms with Crippen LogP contribution in [0.2, 0.25) is 0 Å². The molecule has 0 fully saturated rings. The minimum atomic E-state index is -1.49. The molecule has 42 heavy (non-hydrogen) atoms. The van der Waals surface area contributed by atoms with Crippen LogP contribution in [0.3, 0.4) is 0 Å². The van der Waals surface area contributed by atoms with Gasteiger partial charge in [-0.15, -0.1) is 0 Å². The summed E-state index contributed by atoms with van der Waals surface area (Å²) in [5.74, 6) is -4.91. The van der Waals surface area contributed by atoms with Gasteiger partial charge in [0.05, 0.1) is 19.2 Å². The van der Waals surface area contributed by atoms with Gasteiger partial charge in [0, 0.05) is 6.54 Å². The number of carbonyl (C=O) groups excluding carboxylic acids is 4. The average molecular weight is 595 g/mol. The molecule has 13 N–H and O–H groups in total. The van der Waals surface area contributed by atoms with Crippen molar-refractivity contribution in [2.75, 3.05) is 19.7 Å². The van der Waals surface area contributed by atoms with Crippen molar-refractivity contribution >= 4 is 35.6 Å². The Kier molecular flexibility index (Phi) is 15.3. The molecule has 0 heterocycles. The van der Waals surface area contributed by atoms with Crippen LogP contribution < -0.4 is 38.1 Å². The van der Waals surface area contributed by atoms with Gasteiger partial charge < -0.3 is 53.4 Å². The lowest BCUT2D eigenvalue weighted by atomic mass is 9.97. The topological polar surface area (TPSA) is 282 Å². The van der Waals surface area contributed by atoms with Crippen molar-refractivity contribution in [2.45, 2.75) is 63.7 Å². The fraction of sp³-hybridized carbons (Fsp3) is 0.538. The molecule has 0 spiro atoms. The zero-order valence-corrected chi connectivity index (χ0v) is 23.7. The molecule has 1 rings (SSSR count). The number of aliphatic hydroxyl groups excluding tert-OH is 1. The third kappa shape index (κ3) is 12.8. The molecule has 0 saturated carbocycles. The molecule has 0 aliphatic rings. The van der Waals surface area contributed by atoms with Crippen molar-refractivity contribution in [3.05, 3.63) is 29.8 Å². The van der Waals surface area contributed by atoms with Gasteiger partial charge in [0.25, 0.3) is 0 Å². The predicted octanol–water partition coefficient (Wildman–Crippen LogP) is -2.78. The summed E-state index contributed by atoms with van der Waals surface area (Å²) >= 11 is 0. The van der Waals surface area contributed by atoms with E-state index >= 15 is 0 Å². The highest BCUT2D eigenvalue weighted by molar-refractivity contribution is 5.94. The number of nitrogens with one attached hydrogen (secondary N) is 6. The predicted molar refractivity (Wildman–Crippen MR) is 152 cm³/mol. The van der Waals surface area contributed by atoms with Crippen molar-refractivity contribution in [3.63, 3.8) is 0 Å². The highest BCUT2D eigenvalue weighted by atomic mass is 16.4. The van der Waals surface area contributed by atoms with Crippen molar-refractivity contribution < 1.29 is 39.3 Å². The van der Waals surface area contributed by atoms with Crippen LogP contribution in [0, 0.1) is 11.3 Å². The molecule has 5 atom stereocenters. The number of rotatable bonds is 18. The molecule has 0 unspecified atom stereocenters. The number of phenolic OH excluding ortho intramolecular Hbond substituents is 1. The Labute approximate surface area is 243 Å². The number of hydrogen-bond donors (Lipinski definition) is 11. The molecule has 234 valence electrons. The summed E-state index contributed by atoms with van der Waals surface area (Å²) in [5.41, 5.74) is 11.9. The number of aromatic hydroxyl groups is 1. The van der Waals surface area contributed by atoms with Crippen LogP contribution in [0.15, 0.2) is 24.3 Å². The Bertz CT molecular complexity index is 1080. The van der Waals surface area contributed by atoms with Gasteiger partial charge in [-0.3, -0.25) is 24.6 Å². The minimum Gasteiger partial charge on any atom is -0.508 e. The number of carboxylic acids is 1. The minimum absolute atomic E-state index is 0.00910. The van der Waals surface area contributed by atoms with Gasteiger partial charge in [-0.05, 0) is 42.9 Å². The summed E-state index contributed by atoms with van der Waals surface area (Å²) in [7, 11) is 0. The maximum atomic E-state index is 12.9. The van der Waals surface area contributed by atoms with Crippen molar-refractivity contribution in [2.24, 2.45) is 17.4 Å². The van der Waals surface area contributed by atoms with Crippen molar-refractivity contribution in [3.8, 4) is 5.75 Å². The molecule has 0 aromatic heterocycles. The number of phenols is 1. The molecule has 0 radical (unpaired) electrons. The van der Waals surface area contributed by atoms with Gasteiger partial charge in [-0.1, -0.05) is 32.4 Å². The first-order chi connectivity index (χ1) is 19.8. The van der Waals surface area contributed by atoms with E-state index in [1.54, 1.807) is 19.1 Å². The first-order valence-corrected chi connectivity index (χ1v) is 13.4. The van der Waals surface area contributed by atoms with Crippen LogP contribution in [0.4, 0.5) is 0 Å². The molecule has 0 saturated heterocycles. The number of guanidine groups is 1. The van der Waals surface area contributed by atoms with Crippen LogP contribution in [-0.2, 0) is 30.4 Å². The van der Waals surface area contributed by atoms with E-state index < -0.39 is 66.9 Å². The van der Waals surface area contributed by atoms with E-state index in [4.69, 9.17) is 16.9 Å². The van der Waals surface area contributed by atoms with E-state index in [0.29, 0.717) is 12.0 Å². The first-order valence-electron chi connectivity index (χ1n) is 13.4. The SMILES string of the molecule is CC[C@H](C)[C@H](NC(=O)[C@@H](N)Cc1ccc(O)cc1)C(=O)NCC(=O)N[C@@H](CO)C(=O)N[C@@H](CCCNC(=N)N)C(=O)O. The van der Waals surface area contributed by atoms with Gasteiger partial charge in [0.15, 0.2) is 5.96 Å². The number of carbonyl (C=O) groups is 5. The maximum Gasteiger partial charge on any atom is 0.326 e. The second-order valence-electron chi connectivity index (χ2n) is 9.75. The molecule has 4 amide bonds. The fourth-order valence-electron chi connectivity index (χ4n) is 3.72. The smallest absolute Gasteiger partial charge is 0.326 e. The van der Waals surface area contributed by atoms with Crippen LogP contribution >= 0.6 is 0 Å². The Morgan fingerprint density at radius 1 is 0.952 bits per heavy atom. The Morgan fingerprint density at radius 2 is 1.60 bits per heavy atom. The summed E-state index contributed by atoms with van der Waals surface area (Å²) < 4.78 is 0. The first kappa shape index (κ1) is 35.6. The lowest BCUT2D eigenvalue weighted by molar-refractivity contribution is -0.142. The van der Waals surface area contributed by atoms with Gasteiger partial charge >= 0.3 is 5.97 Å². The number of carboxylic acid groups (broad SMARTS) is 1. The number of aliphatic hydroxyl groups is 1. The third-order valence-electron chi connectivity index (χ3n) is 6.38. The molecule has 16 heteroatoms. The quantitative estimate of drug-likeness (QED) is 0.0469. The van der Waals surface area contributed by atoms with Crippen molar-refractivity contribution in [1.29, 1.82) is 5.41 Å². The van der Waals surface area contributed by atoms with E-state index in [1.807, 2.05) is 6.92 Å². The van der Waals surface area contributed by atoms with E-state index in [1.165, 1.54) is 12.1 Å². The van der Waals surface area contributed by atoms with E-state index in [-0.39, 0.29) is 43.4 Å². The summed E-state index contributed by atoms with van der Waals surface area (Å²) in [6.07, 6.45) is 0.922. The van der Waals surface area contributed by atoms with Crippen LogP contribution in [0.25, 0.3) is 0 Å². The molecule has 0 aliphatic carbocycles. The second-order valence-corrected chi connectivity index (χ2v) is 9.75. The van der Waals surface area contributed by atoms with Crippen LogP contribution in [-0.4, -0.2) is 94.7 Å². The molecule has 16 nitrogen and oxygen atoms in total. The Morgan fingerprint density at radius 3 is 2.14 bits per heavy atom. The van der Waals surface area contributed by atoms with Crippen molar-refractivity contribution in [1.82, 2.24) is 26.6 Å². The Balaban J connectivity index is 2.69. The average Bonchev–Trinajstić information content (AvgIpc) is 2.94. The number of aliphatic carboxylic acids is 1. The molecule has 1 aromatic rings. The zero-order chi connectivity index (χ0) is 31.8. The molecular weight excluding hydrogens is 552 g/mol. The second kappa shape index (κ2) is 18.1.